The summed E-state index contributed by atoms with van der Waals surface area (Å²) >= 11 is 6.51. The summed E-state index contributed by atoms with van der Waals surface area (Å²) in [7, 11) is 1.67. The van der Waals surface area contributed by atoms with Gasteiger partial charge in [0.05, 0.1) is 23.8 Å². The van der Waals surface area contributed by atoms with Crippen LogP contribution in [0, 0.1) is 0 Å². The maximum absolute atomic E-state index is 6.51. The van der Waals surface area contributed by atoms with E-state index in [-0.39, 0.29) is 6.04 Å². The third-order valence-electron chi connectivity index (χ3n) is 7.35. The summed E-state index contributed by atoms with van der Waals surface area (Å²) in [6, 6.07) is 24.7. The maximum atomic E-state index is 6.51. The van der Waals surface area contributed by atoms with Crippen LogP contribution in [-0.4, -0.2) is 31.2 Å². The minimum Gasteiger partial charge on any atom is -0.494 e. The smallest absolute Gasteiger partial charge is 0.147 e. The molecule has 0 fully saturated rings. The van der Waals surface area contributed by atoms with Gasteiger partial charge in [-0.2, -0.15) is 0 Å². The average Bonchev–Trinajstić information content (AvgIpc) is 2.97. The number of ether oxygens (including phenoxy) is 1. The lowest BCUT2D eigenvalue weighted by molar-refractivity contribution is 0.416. The monoisotopic (exact) mass is 553 g/mol. The molecule has 4 aromatic carbocycles. The van der Waals surface area contributed by atoms with Crippen LogP contribution in [0.3, 0.4) is 0 Å². The van der Waals surface area contributed by atoms with Gasteiger partial charge in [0, 0.05) is 33.3 Å². The average molecular weight is 554 g/mol. The molecular formula is C33H36ClN5O. The fourth-order valence-electron chi connectivity index (χ4n) is 5.44. The molecule has 0 amide bonds. The molecular weight excluding hydrogens is 518 g/mol. The van der Waals surface area contributed by atoms with Crippen LogP contribution < -0.4 is 15.4 Å². The molecule has 0 saturated heterocycles. The van der Waals surface area contributed by atoms with E-state index in [4.69, 9.17) is 21.3 Å². The zero-order valence-corrected chi connectivity index (χ0v) is 24.3. The molecule has 1 aromatic heterocycles. The molecule has 0 radical (unpaired) electrons. The highest BCUT2D eigenvalue weighted by atomic mass is 35.5. The SMILES string of the molecule is CCNC(C)CCC(NCC)c1c2cc(Cl)ccc2nc2cc(/N=N/c3cccc4ccccc34)c(OC)cc12. The minimum atomic E-state index is 0.116. The van der Waals surface area contributed by atoms with E-state index in [9.17, 15) is 0 Å². The van der Waals surface area contributed by atoms with Gasteiger partial charge in [-0.1, -0.05) is 61.8 Å². The van der Waals surface area contributed by atoms with E-state index in [0.717, 1.165) is 64.2 Å². The Morgan fingerprint density at radius 3 is 2.35 bits per heavy atom. The number of azo groups is 1. The summed E-state index contributed by atoms with van der Waals surface area (Å²) in [4.78, 5) is 5.03. The second-order valence-electron chi connectivity index (χ2n) is 10.1. The molecule has 7 heteroatoms. The van der Waals surface area contributed by atoms with Gasteiger partial charge < -0.3 is 15.4 Å². The molecule has 40 heavy (non-hydrogen) atoms. The summed E-state index contributed by atoms with van der Waals surface area (Å²) in [5.41, 5.74) is 4.38. The summed E-state index contributed by atoms with van der Waals surface area (Å²) in [5.74, 6) is 0.650. The molecule has 5 aromatic rings. The predicted octanol–water partition coefficient (Wildman–Crippen LogP) is 9.05. The largest absolute Gasteiger partial charge is 0.494 e. The molecule has 0 spiro atoms. The van der Waals surface area contributed by atoms with Gasteiger partial charge in [0.25, 0.3) is 0 Å². The van der Waals surface area contributed by atoms with Crippen molar-refractivity contribution in [1.82, 2.24) is 15.6 Å². The number of benzene rings is 4. The van der Waals surface area contributed by atoms with Crippen molar-refractivity contribution in [3.8, 4) is 5.75 Å². The van der Waals surface area contributed by atoms with Crippen molar-refractivity contribution in [3.05, 3.63) is 83.4 Å². The Balaban J connectivity index is 1.65. The Hall–Kier alpha value is -3.58. The zero-order chi connectivity index (χ0) is 28.1. The highest BCUT2D eigenvalue weighted by Gasteiger charge is 2.21. The number of nitrogens with one attached hydrogen (secondary N) is 2. The Morgan fingerprint density at radius 1 is 0.800 bits per heavy atom. The van der Waals surface area contributed by atoms with Crippen molar-refractivity contribution in [3.63, 3.8) is 0 Å². The number of aromatic nitrogens is 1. The van der Waals surface area contributed by atoms with Crippen LogP contribution in [0.5, 0.6) is 5.75 Å². The van der Waals surface area contributed by atoms with Gasteiger partial charge in [0.15, 0.2) is 0 Å². The second kappa shape index (κ2) is 12.7. The van der Waals surface area contributed by atoms with Gasteiger partial charge >= 0.3 is 0 Å². The van der Waals surface area contributed by atoms with Crippen molar-refractivity contribution in [2.24, 2.45) is 10.2 Å². The third-order valence-corrected chi connectivity index (χ3v) is 7.58. The van der Waals surface area contributed by atoms with Crippen molar-refractivity contribution < 1.29 is 4.74 Å². The van der Waals surface area contributed by atoms with E-state index < -0.39 is 0 Å². The summed E-state index contributed by atoms with van der Waals surface area (Å²) in [6.07, 6.45) is 2.00. The van der Waals surface area contributed by atoms with Crippen LogP contribution in [0.2, 0.25) is 5.02 Å². The number of nitrogens with zero attached hydrogens (tertiary/aromatic N) is 3. The van der Waals surface area contributed by atoms with Gasteiger partial charge in [-0.05, 0) is 80.2 Å². The Labute approximate surface area is 240 Å². The first-order valence-electron chi connectivity index (χ1n) is 14.0. The number of halogens is 1. The van der Waals surface area contributed by atoms with E-state index in [1.165, 1.54) is 5.56 Å². The molecule has 1 heterocycles. The second-order valence-corrected chi connectivity index (χ2v) is 10.5. The first-order valence-corrected chi connectivity index (χ1v) is 14.4. The van der Waals surface area contributed by atoms with Gasteiger partial charge in [0.2, 0.25) is 0 Å². The van der Waals surface area contributed by atoms with Crippen LogP contribution >= 0.6 is 11.6 Å². The van der Waals surface area contributed by atoms with Crippen molar-refractivity contribution in [2.45, 2.75) is 45.7 Å². The number of fused-ring (bicyclic) bond motifs is 3. The standard InChI is InChI=1S/C33H36ClN5O/c1-5-35-21(3)14-16-29(36-6-2)33-25-18-23(34)15-17-27(25)37-30-20-31(32(40-4)19-26(30)33)39-38-28-13-9-11-22-10-7-8-12-24(22)28/h7-13,15,17-21,29,35-36H,5-6,14,16H2,1-4H3/b39-38+. The lowest BCUT2D eigenvalue weighted by Gasteiger charge is -2.24. The minimum absolute atomic E-state index is 0.116. The van der Waals surface area contributed by atoms with Crippen LogP contribution in [0.1, 0.15) is 45.2 Å². The molecule has 0 aliphatic rings. The van der Waals surface area contributed by atoms with Crippen molar-refractivity contribution in [2.75, 3.05) is 20.2 Å². The number of methoxy groups -OCH3 is 1. The summed E-state index contributed by atoms with van der Waals surface area (Å²) in [6.45, 7) is 8.33. The van der Waals surface area contributed by atoms with Crippen LogP contribution in [-0.2, 0) is 0 Å². The molecule has 2 N–H and O–H groups in total. The first-order chi connectivity index (χ1) is 19.5. The van der Waals surface area contributed by atoms with Gasteiger partial charge in [-0.15, -0.1) is 10.2 Å². The van der Waals surface area contributed by atoms with Crippen LogP contribution in [0.15, 0.2) is 83.0 Å². The van der Waals surface area contributed by atoms with Gasteiger partial charge in [-0.3, -0.25) is 0 Å². The lowest BCUT2D eigenvalue weighted by Crippen LogP contribution is -2.28. The molecule has 0 aliphatic heterocycles. The highest BCUT2D eigenvalue weighted by molar-refractivity contribution is 6.31. The molecule has 2 unspecified atom stereocenters. The zero-order valence-electron chi connectivity index (χ0n) is 23.5. The molecule has 5 rings (SSSR count). The maximum Gasteiger partial charge on any atom is 0.147 e. The van der Waals surface area contributed by atoms with Gasteiger partial charge in [-0.25, -0.2) is 4.98 Å². The van der Waals surface area contributed by atoms with E-state index in [1.54, 1.807) is 7.11 Å². The van der Waals surface area contributed by atoms with Gasteiger partial charge in [0.1, 0.15) is 11.4 Å². The Morgan fingerprint density at radius 2 is 1.55 bits per heavy atom. The molecule has 0 bridgehead atoms. The van der Waals surface area contributed by atoms with E-state index in [1.807, 2.05) is 54.6 Å². The van der Waals surface area contributed by atoms with Crippen LogP contribution in [0.25, 0.3) is 32.6 Å². The molecule has 206 valence electrons. The quantitative estimate of drug-likeness (QED) is 0.126. The molecule has 2 atom stereocenters. The van der Waals surface area contributed by atoms with E-state index >= 15 is 0 Å². The van der Waals surface area contributed by atoms with Crippen LogP contribution in [0.4, 0.5) is 11.4 Å². The van der Waals surface area contributed by atoms with E-state index in [0.29, 0.717) is 22.5 Å². The number of pyridine rings is 1. The van der Waals surface area contributed by atoms with Crippen molar-refractivity contribution >= 4 is 55.6 Å². The Bertz CT molecular complexity index is 1660. The molecule has 0 saturated carbocycles. The predicted molar refractivity (Wildman–Crippen MR) is 168 cm³/mol. The summed E-state index contributed by atoms with van der Waals surface area (Å²) < 4.78 is 5.85. The topological polar surface area (TPSA) is 70.9 Å². The molecule has 0 aliphatic carbocycles. The number of hydrogen-bond donors (Lipinski definition) is 2. The Kier molecular flexibility index (Phi) is 8.90. The van der Waals surface area contributed by atoms with Crippen molar-refractivity contribution in [1.29, 1.82) is 0 Å². The third kappa shape index (κ3) is 5.94. The number of hydrogen-bond acceptors (Lipinski definition) is 6. The highest BCUT2D eigenvalue weighted by Crippen LogP contribution is 2.40. The lowest BCUT2D eigenvalue weighted by atomic mass is 9.92. The fourth-order valence-corrected chi connectivity index (χ4v) is 5.62. The fraction of sp³-hybridized carbons (Fsp3) is 0.303. The summed E-state index contributed by atoms with van der Waals surface area (Å²) in [5, 5.41) is 21.5. The number of rotatable bonds is 11. The van der Waals surface area contributed by atoms with E-state index in [2.05, 4.69) is 59.8 Å². The first kappa shape index (κ1) is 28.0. The normalized spacial score (nSPS) is 13.4. The molecule has 6 nitrogen and oxygen atoms in total.